The van der Waals surface area contributed by atoms with Crippen LogP contribution >= 0.6 is 12.6 Å². The molecule has 0 bridgehead atoms. The molecule has 1 aromatic carbocycles. The standard InChI is InChI=1S/C39H62N12O10S/c1-4-21(2)31(51-34(56)24-12-8-16-43-24)37(59)49-26(14-15-29(40)52)35(57)46-22(3)32(54)50-28(20-62)36(58)48-25(13-9-17-44-39(41)42)33(55)45-19-30(53)47-27(38(60)61)18-23-10-6-5-7-11-23/h5-7,10-11,21-22,24-28,31,43,62H,4,8-9,12-20H2,1-3H3,(H2,40,52)(H,45,55)(H,46,57)(H,47,53)(H,48,58)(H,49,59)(H,50,54)(H,51,56)(H,60,61)(H4,41,42,44)/t21-,22-,24-,25-,26-,27-,28-,31-/m0/s1. The highest BCUT2D eigenvalue weighted by atomic mass is 32.1. The zero-order chi connectivity index (χ0) is 46.4. The van der Waals surface area contributed by atoms with Gasteiger partial charge in [0.15, 0.2) is 5.96 Å². The summed E-state index contributed by atoms with van der Waals surface area (Å²) in [7, 11) is 0. The van der Waals surface area contributed by atoms with Gasteiger partial charge < -0.3 is 64.8 Å². The summed E-state index contributed by atoms with van der Waals surface area (Å²) in [5, 5.41) is 30.2. The van der Waals surface area contributed by atoms with Crippen molar-refractivity contribution in [3.63, 3.8) is 0 Å². The van der Waals surface area contributed by atoms with Gasteiger partial charge in [0.2, 0.25) is 47.3 Å². The highest BCUT2D eigenvalue weighted by molar-refractivity contribution is 7.80. The molecule has 0 aliphatic carbocycles. The summed E-state index contributed by atoms with van der Waals surface area (Å²) in [6.45, 7) is 5.02. The highest BCUT2D eigenvalue weighted by Crippen LogP contribution is 2.12. The number of hydrogen-bond donors (Lipinski definition) is 13. The first-order valence-corrected chi connectivity index (χ1v) is 21.0. The van der Waals surface area contributed by atoms with Crippen LogP contribution in [0.15, 0.2) is 35.3 Å². The molecule has 0 unspecified atom stereocenters. The van der Waals surface area contributed by atoms with E-state index in [1.807, 2.05) is 6.92 Å². The Kier molecular flexibility index (Phi) is 22.8. The maximum atomic E-state index is 13.5. The van der Waals surface area contributed by atoms with E-state index in [2.05, 4.69) is 60.2 Å². The summed E-state index contributed by atoms with van der Waals surface area (Å²) in [6.07, 6.45) is 1.54. The molecule has 1 heterocycles. The monoisotopic (exact) mass is 890 g/mol. The number of hydrogen-bond acceptors (Lipinski definition) is 12. The van der Waals surface area contributed by atoms with E-state index in [1.54, 1.807) is 37.3 Å². The van der Waals surface area contributed by atoms with Gasteiger partial charge in [-0.25, -0.2) is 4.79 Å². The molecule has 15 N–H and O–H groups in total. The van der Waals surface area contributed by atoms with Crippen LogP contribution in [0, 0.1) is 5.92 Å². The van der Waals surface area contributed by atoms with Gasteiger partial charge in [0.25, 0.3) is 0 Å². The summed E-state index contributed by atoms with van der Waals surface area (Å²) < 4.78 is 0. The minimum absolute atomic E-state index is 0.0107. The largest absolute Gasteiger partial charge is 0.480 e. The molecule has 344 valence electrons. The lowest BCUT2D eigenvalue weighted by molar-refractivity contribution is -0.141. The SMILES string of the molecule is CC[C@H](C)[C@H](NC(=O)[C@@H]1CCCN1)C(=O)N[C@@H](CCC(N)=O)C(=O)N[C@@H](C)C(=O)N[C@@H](CS)C(=O)N[C@@H](CCCN=C(N)N)C(=O)NCC(=O)N[C@@H](Cc1ccccc1)C(=O)O. The second-order valence-electron chi connectivity index (χ2n) is 14.9. The molecule has 62 heavy (non-hydrogen) atoms. The highest BCUT2D eigenvalue weighted by Gasteiger charge is 2.34. The third-order valence-electron chi connectivity index (χ3n) is 9.97. The number of carboxylic acids is 1. The van der Waals surface area contributed by atoms with Crippen LogP contribution in [-0.4, -0.2) is 132 Å². The summed E-state index contributed by atoms with van der Waals surface area (Å²) in [5.41, 5.74) is 16.8. The average Bonchev–Trinajstić information content (AvgIpc) is 3.78. The number of nitrogens with two attached hydrogens (primary N) is 3. The van der Waals surface area contributed by atoms with Gasteiger partial charge in [-0.15, -0.1) is 0 Å². The number of carbonyl (C=O) groups excluding carboxylic acids is 8. The molecule has 8 amide bonds. The second kappa shape index (κ2) is 27.1. The van der Waals surface area contributed by atoms with Crippen LogP contribution < -0.4 is 59.7 Å². The van der Waals surface area contributed by atoms with Gasteiger partial charge in [-0.2, -0.15) is 12.6 Å². The number of primary amides is 1. The van der Waals surface area contributed by atoms with E-state index < -0.39 is 96.2 Å². The summed E-state index contributed by atoms with van der Waals surface area (Å²) >= 11 is 4.18. The van der Waals surface area contributed by atoms with Crippen molar-refractivity contribution >= 4 is 71.8 Å². The number of nitrogens with zero attached hydrogens (tertiary/aromatic N) is 1. The molecule has 23 heteroatoms. The fraction of sp³-hybridized carbons (Fsp3) is 0.590. The number of guanidine groups is 1. The van der Waals surface area contributed by atoms with Crippen molar-refractivity contribution in [1.29, 1.82) is 0 Å². The number of aliphatic carboxylic acids is 1. The van der Waals surface area contributed by atoms with Crippen LogP contribution in [0.3, 0.4) is 0 Å². The maximum Gasteiger partial charge on any atom is 0.326 e. The molecule has 1 fully saturated rings. The lowest BCUT2D eigenvalue weighted by Gasteiger charge is -2.28. The number of carboxylic acid groups (broad SMARTS) is 1. The Morgan fingerprint density at radius 3 is 2.02 bits per heavy atom. The minimum atomic E-state index is -1.35. The van der Waals surface area contributed by atoms with Gasteiger partial charge >= 0.3 is 5.97 Å². The number of benzene rings is 1. The maximum absolute atomic E-state index is 13.5. The number of aliphatic imine (C=N–C) groups is 1. The van der Waals surface area contributed by atoms with Crippen LogP contribution in [0.2, 0.25) is 0 Å². The summed E-state index contributed by atoms with van der Waals surface area (Å²) in [6, 6.07) is 0.547. The van der Waals surface area contributed by atoms with E-state index >= 15 is 0 Å². The second-order valence-corrected chi connectivity index (χ2v) is 15.3. The van der Waals surface area contributed by atoms with Crippen molar-refractivity contribution in [3.05, 3.63) is 35.9 Å². The third kappa shape index (κ3) is 18.7. The predicted octanol–water partition coefficient (Wildman–Crippen LogP) is -3.59. The zero-order valence-corrected chi connectivity index (χ0v) is 36.1. The van der Waals surface area contributed by atoms with Crippen LogP contribution in [0.1, 0.15) is 71.3 Å². The van der Waals surface area contributed by atoms with Gasteiger partial charge in [0, 0.05) is 25.1 Å². The van der Waals surface area contributed by atoms with E-state index in [-0.39, 0.29) is 62.2 Å². The van der Waals surface area contributed by atoms with Crippen molar-refractivity contribution in [2.45, 2.75) is 114 Å². The molecule has 0 aromatic heterocycles. The molecular weight excluding hydrogens is 829 g/mol. The van der Waals surface area contributed by atoms with Gasteiger partial charge in [0.05, 0.1) is 12.6 Å². The fourth-order valence-electron chi connectivity index (χ4n) is 6.18. The quantitative estimate of drug-likeness (QED) is 0.0176. The van der Waals surface area contributed by atoms with Crippen molar-refractivity contribution < 1.29 is 48.3 Å². The molecular formula is C39H62N12O10S. The number of rotatable bonds is 27. The molecule has 1 aliphatic rings. The molecule has 1 aliphatic heterocycles. The Balaban J connectivity index is 2.11. The summed E-state index contributed by atoms with van der Waals surface area (Å²) in [5.74, 6) is -8.05. The number of amides is 8. The third-order valence-corrected chi connectivity index (χ3v) is 10.3. The Morgan fingerprint density at radius 2 is 1.44 bits per heavy atom. The molecule has 1 aromatic rings. The lowest BCUT2D eigenvalue weighted by atomic mass is 9.97. The normalized spacial score (nSPS) is 16.6. The zero-order valence-electron chi connectivity index (χ0n) is 35.2. The Morgan fingerprint density at radius 1 is 0.806 bits per heavy atom. The smallest absolute Gasteiger partial charge is 0.326 e. The molecule has 0 spiro atoms. The first-order chi connectivity index (χ1) is 29.4. The predicted molar refractivity (Wildman–Crippen MR) is 231 cm³/mol. The Hall–Kier alpha value is -5.97. The number of carbonyl (C=O) groups is 9. The van der Waals surface area contributed by atoms with E-state index in [1.165, 1.54) is 6.92 Å². The molecule has 8 atom stereocenters. The van der Waals surface area contributed by atoms with Gasteiger partial charge in [-0.3, -0.25) is 43.3 Å². The topological polar surface area (TPSA) is 361 Å². The summed E-state index contributed by atoms with van der Waals surface area (Å²) in [4.78, 5) is 120. The van der Waals surface area contributed by atoms with Gasteiger partial charge in [-0.05, 0) is 57.1 Å². The van der Waals surface area contributed by atoms with Gasteiger partial charge in [0.1, 0.15) is 36.3 Å². The number of thiol groups is 1. The van der Waals surface area contributed by atoms with E-state index in [0.29, 0.717) is 24.9 Å². The van der Waals surface area contributed by atoms with E-state index in [0.717, 1.165) is 6.42 Å². The van der Waals surface area contributed by atoms with Crippen molar-refractivity contribution in [2.24, 2.45) is 28.1 Å². The van der Waals surface area contributed by atoms with Crippen molar-refractivity contribution in [1.82, 2.24) is 42.5 Å². The Labute approximate surface area is 365 Å². The first kappa shape index (κ1) is 52.2. The van der Waals surface area contributed by atoms with Gasteiger partial charge in [-0.1, -0.05) is 50.6 Å². The van der Waals surface area contributed by atoms with Crippen LogP contribution in [-0.2, 0) is 49.6 Å². The average molecular weight is 891 g/mol. The minimum Gasteiger partial charge on any atom is -0.480 e. The number of nitrogens with one attached hydrogen (secondary N) is 8. The van der Waals surface area contributed by atoms with Crippen molar-refractivity contribution in [3.8, 4) is 0 Å². The molecule has 0 radical (unpaired) electrons. The lowest BCUT2D eigenvalue weighted by Crippen LogP contribution is -2.60. The van der Waals surface area contributed by atoms with E-state index in [4.69, 9.17) is 17.2 Å². The van der Waals surface area contributed by atoms with Crippen LogP contribution in [0.4, 0.5) is 0 Å². The van der Waals surface area contributed by atoms with Crippen LogP contribution in [0.25, 0.3) is 0 Å². The fourth-order valence-corrected chi connectivity index (χ4v) is 6.44. The first-order valence-electron chi connectivity index (χ1n) is 20.4. The molecule has 22 nitrogen and oxygen atoms in total. The Bertz CT molecular complexity index is 1740. The molecule has 1 saturated heterocycles. The van der Waals surface area contributed by atoms with E-state index in [9.17, 15) is 48.3 Å². The molecule has 0 saturated carbocycles. The molecule has 2 rings (SSSR count). The van der Waals surface area contributed by atoms with Crippen molar-refractivity contribution in [2.75, 3.05) is 25.4 Å². The van der Waals surface area contributed by atoms with Crippen LogP contribution in [0.5, 0.6) is 0 Å².